The summed E-state index contributed by atoms with van der Waals surface area (Å²) in [5.74, 6) is 0.399. The Bertz CT molecular complexity index is 586. The number of nitrogens with two attached hydrogens (primary N) is 2. The van der Waals surface area contributed by atoms with Crippen LogP contribution in [0.5, 0.6) is 0 Å². The minimum atomic E-state index is -1.08. The highest BCUT2D eigenvalue weighted by Gasteiger charge is 2.27. The molecule has 1 amide bonds. The van der Waals surface area contributed by atoms with E-state index in [2.05, 4.69) is 4.98 Å². The second kappa shape index (κ2) is 4.42. The van der Waals surface area contributed by atoms with Gasteiger partial charge in [-0.05, 0) is 19.1 Å². The van der Waals surface area contributed by atoms with Gasteiger partial charge in [0.2, 0.25) is 5.91 Å². The van der Waals surface area contributed by atoms with Gasteiger partial charge < -0.3 is 16.0 Å². The number of aromatic nitrogens is 2. The quantitative estimate of drug-likeness (QED) is 0.836. The maximum absolute atomic E-state index is 11.3. The average Bonchev–Trinajstić information content (AvgIpc) is 2.67. The number of carbonyl (C=O) groups is 1. The number of para-hydroxylation sites is 2. The third-order valence-corrected chi connectivity index (χ3v) is 3.10. The van der Waals surface area contributed by atoms with Crippen LogP contribution in [0.2, 0.25) is 0 Å². The molecule has 1 atom stereocenters. The lowest BCUT2D eigenvalue weighted by Gasteiger charge is -2.22. The number of benzene rings is 1. The predicted molar refractivity (Wildman–Crippen MR) is 70.9 cm³/mol. The molecule has 2 aromatic rings. The summed E-state index contributed by atoms with van der Waals surface area (Å²) >= 11 is 0. The summed E-state index contributed by atoms with van der Waals surface area (Å²) < 4.78 is 1.97. The van der Waals surface area contributed by atoms with E-state index in [0.29, 0.717) is 6.54 Å². The molecule has 1 aromatic carbocycles. The molecule has 0 aliphatic heterocycles. The van der Waals surface area contributed by atoms with E-state index in [9.17, 15) is 4.79 Å². The second-order valence-corrected chi connectivity index (χ2v) is 4.74. The van der Waals surface area contributed by atoms with Gasteiger partial charge in [0, 0.05) is 6.42 Å². The molecule has 0 spiro atoms. The molecular formula is C13H18N4O. The number of hydrogen-bond acceptors (Lipinski definition) is 3. The Kier molecular flexibility index (Phi) is 3.09. The number of amides is 1. The van der Waals surface area contributed by atoms with E-state index in [4.69, 9.17) is 11.5 Å². The van der Waals surface area contributed by atoms with Gasteiger partial charge in [0.1, 0.15) is 11.4 Å². The van der Waals surface area contributed by atoms with Crippen molar-refractivity contribution in [2.45, 2.75) is 32.4 Å². The van der Waals surface area contributed by atoms with E-state index in [1.165, 1.54) is 0 Å². The Morgan fingerprint density at radius 1 is 1.44 bits per heavy atom. The molecule has 4 N–H and O–H groups in total. The third kappa shape index (κ3) is 2.09. The zero-order chi connectivity index (χ0) is 13.3. The molecule has 0 bridgehead atoms. The number of primary amides is 1. The average molecular weight is 246 g/mol. The van der Waals surface area contributed by atoms with Crippen molar-refractivity contribution in [3.05, 3.63) is 30.1 Å². The summed E-state index contributed by atoms with van der Waals surface area (Å²) in [5.41, 5.74) is 12.1. The minimum absolute atomic E-state index is 0.339. The highest BCUT2D eigenvalue weighted by molar-refractivity contribution is 5.84. The monoisotopic (exact) mass is 246 g/mol. The summed E-state index contributed by atoms with van der Waals surface area (Å²) in [5, 5.41) is 0. The number of carbonyl (C=O) groups excluding carboxylic acids is 1. The zero-order valence-electron chi connectivity index (χ0n) is 10.7. The van der Waals surface area contributed by atoms with Crippen LogP contribution in [0.15, 0.2) is 24.3 Å². The topological polar surface area (TPSA) is 86.9 Å². The lowest BCUT2D eigenvalue weighted by Crippen LogP contribution is -2.52. The second-order valence-electron chi connectivity index (χ2n) is 4.74. The molecule has 5 heteroatoms. The van der Waals surface area contributed by atoms with Crippen molar-refractivity contribution in [3.63, 3.8) is 0 Å². The molecule has 0 radical (unpaired) electrons. The normalized spacial score (nSPS) is 14.6. The number of aryl methyl sites for hydroxylation is 1. The Labute approximate surface area is 106 Å². The number of imidazole rings is 1. The van der Waals surface area contributed by atoms with E-state index in [1.807, 2.05) is 35.8 Å². The summed E-state index contributed by atoms with van der Waals surface area (Å²) in [6, 6.07) is 7.80. The first-order chi connectivity index (χ1) is 8.45. The molecule has 2 rings (SSSR count). The summed E-state index contributed by atoms with van der Waals surface area (Å²) in [4.78, 5) is 15.9. The summed E-state index contributed by atoms with van der Waals surface area (Å²) in [6.07, 6.45) is 0.781. The zero-order valence-corrected chi connectivity index (χ0v) is 10.7. The predicted octanol–water partition coefficient (Wildman–Crippen LogP) is 0.801. The van der Waals surface area contributed by atoms with Crippen molar-refractivity contribution >= 4 is 16.9 Å². The minimum Gasteiger partial charge on any atom is -0.368 e. The fraction of sp³-hybridized carbons (Fsp3) is 0.385. The van der Waals surface area contributed by atoms with Gasteiger partial charge in [-0.15, -0.1) is 0 Å². The van der Waals surface area contributed by atoms with Gasteiger partial charge in [-0.25, -0.2) is 4.98 Å². The molecule has 0 saturated heterocycles. The first-order valence-corrected chi connectivity index (χ1v) is 5.98. The van der Waals surface area contributed by atoms with Crippen LogP contribution >= 0.6 is 0 Å². The largest absolute Gasteiger partial charge is 0.368 e. The van der Waals surface area contributed by atoms with Crippen molar-refractivity contribution < 1.29 is 4.79 Å². The molecule has 0 fully saturated rings. The van der Waals surface area contributed by atoms with E-state index in [1.54, 1.807) is 6.92 Å². The smallest absolute Gasteiger partial charge is 0.239 e. The number of rotatable bonds is 4. The molecule has 0 aliphatic carbocycles. The van der Waals surface area contributed by atoms with Gasteiger partial charge in [-0.1, -0.05) is 19.1 Å². The van der Waals surface area contributed by atoms with E-state index in [-0.39, 0.29) is 0 Å². The molecule has 0 aliphatic rings. The van der Waals surface area contributed by atoms with Crippen LogP contribution in [-0.2, 0) is 17.8 Å². The van der Waals surface area contributed by atoms with E-state index >= 15 is 0 Å². The van der Waals surface area contributed by atoms with Gasteiger partial charge in [0.05, 0.1) is 17.6 Å². The van der Waals surface area contributed by atoms with Crippen molar-refractivity contribution in [1.82, 2.24) is 9.55 Å². The van der Waals surface area contributed by atoms with Crippen molar-refractivity contribution in [2.24, 2.45) is 11.5 Å². The Morgan fingerprint density at radius 2 is 2.11 bits per heavy atom. The van der Waals surface area contributed by atoms with E-state index < -0.39 is 11.4 Å². The third-order valence-electron chi connectivity index (χ3n) is 3.10. The highest BCUT2D eigenvalue weighted by atomic mass is 16.1. The molecule has 5 nitrogen and oxygen atoms in total. The molecular weight excluding hydrogens is 228 g/mol. The van der Waals surface area contributed by atoms with Crippen LogP contribution in [0.25, 0.3) is 11.0 Å². The molecule has 1 aromatic heterocycles. The first kappa shape index (κ1) is 12.6. The number of nitrogens with zero attached hydrogens (tertiary/aromatic N) is 2. The standard InChI is InChI=1S/C13H18N4O/c1-3-11-16-9-6-4-5-7-10(9)17(11)8-13(2,15)12(14)18/h4-7H,3,8,15H2,1-2H3,(H2,14,18). The number of hydrogen-bond donors (Lipinski definition) is 2. The van der Waals surface area contributed by atoms with E-state index in [0.717, 1.165) is 23.3 Å². The maximum atomic E-state index is 11.3. The van der Waals surface area contributed by atoms with Gasteiger partial charge in [-0.2, -0.15) is 0 Å². The molecule has 0 saturated carbocycles. The molecule has 96 valence electrons. The fourth-order valence-electron chi connectivity index (χ4n) is 1.98. The van der Waals surface area contributed by atoms with Crippen LogP contribution in [0.3, 0.4) is 0 Å². The van der Waals surface area contributed by atoms with Crippen LogP contribution in [0.1, 0.15) is 19.7 Å². The van der Waals surface area contributed by atoms with Gasteiger partial charge in [0.15, 0.2) is 0 Å². The van der Waals surface area contributed by atoms with Crippen LogP contribution in [-0.4, -0.2) is 21.0 Å². The van der Waals surface area contributed by atoms with Crippen molar-refractivity contribution in [1.29, 1.82) is 0 Å². The lowest BCUT2D eigenvalue weighted by atomic mass is 10.0. The fourth-order valence-corrected chi connectivity index (χ4v) is 1.98. The van der Waals surface area contributed by atoms with Crippen LogP contribution in [0, 0.1) is 0 Å². The van der Waals surface area contributed by atoms with Crippen LogP contribution in [0.4, 0.5) is 0 Å². The van der Waals surface area contributed by atoms with Gasteiger partial charge in [0.25, 0.3) is 0 Å². The van der Waals surface area contributed by atoms with Crippen molar-refractivity contribution in [2.75, 3.05) is 0 Å². The van der Waals surface area contributed by atoms with Crippen LogP contribution < -0.4 is 11.5 Å². The maximum Gasteiger partial charge on any atom is 0.239 e. The van der Waals surface area contributed by atoms with Gasteiger partial charge >= 0.3 is 0 Å². The summed E-state index contributed by atoms with van der Waals surface area (Å²) in [6.45, 7) is 4.01. The van der Waals surface area contributed by atoms with Gasteiger partial charge in [-0.3, -0.25) is 4.79 Å². The Morgan fingerprint density at radius 3 is 2.72 bits per heavy atom. The first-order valence-electron chi connectivity index (χ1n) is 5.98. The SMILES string of the molecule is CCc1nc2ccccc2n1CC(C)(N)C(N)=O. The Balaban J connectivity index is 2.52. The van der Waals surface area contributed by atoms with Crippen molar-refractivity contribution in [3.8, 4) is 0 Å². The molecule has 18 heavy (non-hydrogen) atoms. The lowest BCUT2D eigenvalue weighted by molar-refractivity contribution is -0.123. The Hall–Kier alpha value is -1.88. The molecule has 1 unspecified atom stereocenters. The highest BCUT2D eigenvalue weighted by Crippen LogP contribution is 2.18. The molecule has 1 heterocycles. The number of fused-ring (bicyclic) bond motifs is 1. The summed E-state index contributed by atoms with van der Waals surface area (Å²) in [7, 11) is 0.